The summed E-state index contributed by atoms with van der Waals surface area (Å²) in [5.74, 6) is 0.0846. The van der Waals surface area contributed by atoms with Gasteiger partial charge in [0.25, 0.3) is 0 Å². The van der Waals surface area contributed by atoms with Gasteiger partial charge in [-0.2, -0.15) is 0 Å². The highest BCUT2D eigenvalue weighted by molar-refractivity contribution is 5.88. The van der Waals surface area contributed by atoms with Gasteiger partial charge in [0.15, 0.2) is 0 Å². The Morgan fingerprint density at radius 2 is 1.78 bits per heavy atom. The van der Waals surface area contributed by atoms with Gasteiger partial charge in [0.1, 0.15) is 0 Å². The molecule has 1 aromatic carbocycles. The number of benzene rings is 1. The average Bonchev–Trinajstić information content (AvgIpc) is 2.60. The summed E-state index contributed by atoms with van der Waals surface area (Å²) in [5, 5.41) is 3.13. The van der Waals surface area contributed by atoms with Crippen LogP contribution in [-0.4, -0.2) is 31.2 Å². The third-order valence-electron chi connectivity index (χ3n) is 5.39. The second kappa shape index (κ2) is 7.45. The summed E-state index contributed by atoms with van der Waals surface area (Å²) in [6.45, 7) is 7.96. The third-order valence-corrected chi connectivity index (χ3v) is 5.39. The molecule has 0 saturated carbocycles. The fourth-order valence-corrected chi connectivity index (χ4v) is 3.16. The van der Waals surface area contributed by atoms with Gasteiger partial charge in [0.05, 0.1) is 5.41 Å². The SMILES string of the molecule is CCC(N)(CC)CNC(=O)C1(c2ccc(C)cc2)CCOCC1. The molecule has 3 N–H and O–H groups in total. The maximum absolute atomic E-state index is 13.1. The Labute approximate surface area is 139 Å². The molecule has 128 valence electrons. The van der Waals surface area contributed by atoms with Crippen molar-refractivity contribution >= 4 is 5.91 Å². The first-order valence-electron chi connectivity index (χ1n) is 8.68. The zero-order valence-corrected chi connectivity index (χ0v) is 14.7. The second-order valence-corrected chi connectivity index (χ2v) is 6.81. The number of hydrogen-bond donors (Lipinski definition) is 2. The van der Waals surface area contributed by atoms with Crippen LogP contribution in [0.5, 0.6) is 0 Å². The summed E-state index contributed by atoms with van der Waals surface area (Å²) in [6.07, 6.45) is 3.14. The molecule has 1 heterocycles. The minimum absolute atomic E-state index is 0.0846. The van der Waals surface area contributed by atoms with Crippen LogP contribution in [0.25, 0.3) is 0 Å². The second-order valence-electron chi connectivity index (χ2n) is 6.81. The van der Waals surface area contributed by atoms with Crippen LogP contribution in [-0.2, 0) is 14.9 Å². The molecule has 1 aromatic rings. The molecule has 23 heavy (non-hydrogen) atoms. The number of amides is 1. The summed E-state index contributed by atoms with van der Waals surface area (Å²) < 4.78 is 5.50. The van der Waals surface area contributed by atoms with Gasteiger partial charge in [0, 0.05) is 25.3 Å². The highest BCUT2D eigenvalue weighted by Gasteiger charge is 2.42. The fraction of sp³-hybridized carbons (Fsp3) is 0.632. The monoisotopic (exact) mass is 318 g/mol. The van der Waals surface area contributed by atoms with Crippen molar-refractivity contribution in [2.75, 3.05) is 19.8 Å². The van der Waals surface area contributed by atoms with Gasteiger partial charge in [-0.3, -0.25) is 4.79 Å². The molecule has 0 radical (unpaired) electrons. The highest BCUT2D eigenvalue weighted by atomic mass is 16.5. The third kappa shape index (κ3) is 3.93. The van der Waals surface area contributed by atoms with Crippen LogP contribution >= 0.6 is 0 Å². The average molecular weight is 318 g/mol. The van der Waals surface area contributed by atoms with E-state index in [1.54, 1.807) is 0 Å². The first-order chi connectivity index (χ1) is 11.0. The molecule has 0 bridgehead atoms. The maximum Gasteiger partial charge on any atom is 0.230 e. The normalized spacial score (nSPS) is 17.7. The largest absolute Gasteiger partial charge is 0.381 e. The van der Waals surface area contributed by atoms with E-state index in [0.29, 0.717) is 19.8 Å². The number of rotatable bonds is 6. The minimum Gasteiger partial charge on any atom is -0.381 e. The molecule has 0 aliphatic carbocycles. The Hall–Kier alpha value is -1.39. The van der Waals surface area contributed by atoms with Gasteiger partial charge in [-0.05, 0) is 38.2 Å². The van der Waals surface area contributed by atoms with E-state index in [0.717, 1.165) is 31.2 Å². The lowest BCUT2D eigenvalue weighted by Gasteiger charge is -2.37. The number of nitrogens with two attached hydrogens (primary N) is 1. The van der Waals surface area contributed by atoms with Crippen molar-refractivity contribution in [3.05, 3.63) is 35.4 Å². The van der Waals surface area contributed by atoms with Crippen molar-refractivity contribution in [1.82, 2.24) is 5.32 Å². The van der Waals surface area contributed by atoms with Gasteiger partial charge in [0.2, 0.25) is 5.91 Å². The van der Waals surface area contributed by atoms with Crippen molar-refractivity contribution in [1.29, 1.82) is 0 Å². The molecule has 2 rings (SSSR count). The summed E-state index contributed by atoms with van der Waals surface area (Å²) in [6, 6.07) is 8.31. The number of aryl methyl sites for hydroxylation is 1. The lowest BCUT2D eigenvalue weighted by molar-refractivity contribution is -0.130. The minimum atomic E-state index is -0.492. The predicted octanol–water partition coefficient (Wildman–Crippen LogP) is 2.68. The number of carbonyl (C=O) groups is 1. The van der Waals surface area contributed by atoms with E-state index in [1.165, 1.54) is 5.56 Å². The van der Waals surface area contributed by atoms with Crippen molar-refractivity contribution in [2.45, 2.75) is 57.4 Å². The standard InChI is InChI=1S/C19H30N2O2/c1-4-18(20,5-2)14-21-17(22)19(10-12-23-13-11-19)16-8-6-15(3)7-9-16/h6-9H,4-5,10-14,20H2,1-3H3,(H,21,22). The summed E-state index contributed by atoms with van der Waals surface area (Å²) in [7, 11) is 0. The van der Waals surface area contributed by atoms with Crippen LogP contribution in [0.2, 0.25) is 0 Å². The van der Waals surface area contributed by atoms with Gasteiger partial charge in [-0.15, -0.1) is 0 Å². The number of ether oxygens (including phenoxy) is 1. The van der Waals surface area contributed by atoms with Crippen LogP contribution < -0.4 is 11.1 Å². The van der Waals surface area contributed by atoms with Gasteiger partial charge in [-0.25, -0.2) is 0 Å². The Morgan fingerprint density at radius 3 is 2.30 bits per heavy atom. The Balaban J connectivity index is 2.21. The molecule has 0 atom stereocenters. The highest BCUT2D eigenvalue weighted by Crippen LogP contribution is 2.35. The molecule has 4 heteroatoms. The summed E-state index contributed by atoms with van der Waals surface area (Å²) >= 11 is 0. The summed E-state index contributed by atoms with van der Waals surface area (Å²) in [5.41, 5.74) is 7.81. The molecule has 0 unspecified atom stereocenters. The number of carbonyl (C=O) groups excluding carboxylic acids is 1. The number of hydrogen-bond acceptors (Lipinski definition) is 3. The van der Waals surface area contributed by atoms with Crippen LogP contribution in [0, 0.1) is 6.92 Å². The molecule has 0 spiro atoms. The van der Waals surface area contributed by atoms with Crippen LogP contribution in [0.3, 0.4) is 0 Å². The molecule has 4 nitrogen and oxygen atoms in total. The molecule has 1 fully saturated rings. The Kier molecular flexibility index (Phi) is 5.82. The van der Waals surface area contributed by atoms with Crippen LogP contribution in [0.15, 0.2) is 24.3 Å². The molecular formula is C19H30N2O2. The van der Waals surface area contributed by atoms with E-state index in [4.69, 9.17) is 10.5 Å². The Morgan fingerprint density at radius 1 is 1.22 bits per heavy atom. The molecule has 1 amide bonds. The predicted molar refractivity (Wildman–Crippen MR) is 93.4 cm³/mol. The zero-order chi connectivity index (χ0) is 16.9. The van der Waals surface area contributed by atoms with Crippen LogP contribution in [0.4, 0.5) is 0 Å². The number of nitrogens with one attached hydrogen (secondary N) is 1. The quantitative estimate of drug-likeness (QED) is 0.847. The van der Waals surface area contributed by atoms with E-state index in [1.807, 2.05) is 0 Å². The lowest BCUT2D eigenvalue weighted by Crippen LogP contribution is -2.54. The smallest absolute Gasteiger partial charge is 0.230 e. The molecule has 1 saturated heterocycles. The first-order valence-corrected chi connectivity index (χ1v) is 8.68. The topological polar surface area (TPSA) is 64.3 Å². The molecule has 1 aliphatic rings. The van der Waals surface area contributed by atoms with Crippen molar-refractivity contribution in [3.8, 4) is 0 Å². The maximum atomic E-state index is 13.1. The lowest BCUT2D eigenvalue weighted by atomic mass is 9.73. The van der Waals surface area contributed by atoms with Gasteiger partial charge >= 0.3 is 0 Å². The van der Waals surface area contributed by atoms with Gasteiger partial charge < -0.3 is 15.8 Å². The fourth-order valence-electron chi connectivity index (χ4n) is 3.16. The van der Waals surface area contributed by atoms with Crippen molar-refractivity contribution in [2.24, 2.45) is 5.73 Å². The zero-order valence-electron chi connectivity index (χ0n) is 14.7. The van der Waals surface area contributed by atoms with Crippen molar-refractivity contribution in [3.63, 3.8) is 0 Å². The van der Waals surface area contributed by atoms with E-state index < -0.39 is 5.41 Å². The molecule has 0 aromatic heterocycles. The molecular weight excluding hydrogens is 288 g/mol. The van der Waals surface area contributed by atoms with Crippen LogP contribution in [0.1, 0.15) is 50.7 Å². The first kappa shape index (κ1) is 18.0. The van der Waals surface area contributed by atoms with Gasteiger partial charge in [-0.1, -0.05) is 43.7 Å². The van der Waals surface area contributed by atoms with E-state index >= 15 is 0 Å². The van der Waals surface area contributed by atoms with E-state index in [9.17, 15) is 4.79 Å². The van der Waals surface area contributed by atoms with E-state index in [2.05, 4.69) is 50.4 Å². The van der Waals surface area contributed by atoms with Crippen molar-refractivity contribution < 1.29 is 9.53 Å². The Bertz CT molecular complexity index is 515. The summed E-state index contributed by atoms with van der Waals surface area (Å²) in [4.78, 5) is 13.1. The molecule has 1 aliphatic heterocycles. The van der Waals surface area contributed by atoms with E-state index in [-0.39, 0.29) is 11.4 Å².